The van der Waals surface area contributed by atoms with E-state index in [-0.39, 0.29) is 5.57 Å². The maximum Gasteiger partial charge on any atom is 0.339 e. The Morgan fingerprint density at radius 2 is 1.89 bits per heavy atom. The number of Topliss-reactive ketones (excluding diaryl/α,β-unsaturated/α-hetero) is 1. The van der Waals surface area contributed by atoms with Gasteiger partial charge < -0.3 is 5.11 Å². The van der Waals surface area contributed by atoms with E-state index in [2.05, 4.69) is 0 Å². The van der Waals surface area contributed by atoms with E-state index in [1.807, 2.05) is 0 Å². The van der Waals surface area contributed by atoms with Gasteiger partial charge in [0.2, 0.25) is 5.78 Å². The molecule has 3 nitrogen and oxygen atoms in total. The molecular formula is C14H11FO3. The van der Waals surface area contributed by atoms with Gasteiger partial charge in [-0.25, -0.2) is 9.18 Å². The zero-order valence-corrected chi connectivity index (χ0v) is 9.74. The van der Waals surface area contributed by atoms with Crippen molar-refractivity contribution in [3.63, 3.8) is 0 Å². The number of carbonyl (C=O) groups is 2. The van der Waals surface area contributed by atoms with Crippen LogP contribution >= 0.6 is 0 Å². The van der Waals surface area contributed by atoms with Crippen molar-refractivity contribution in [2.75, 3.05) is 0 Å². The van der Waals surface area contributed by atoms with Crippen molar-refractivity contribution in [3.8, 4) is 0 Å². The Balaban J connectivity index is 2.46. The van der Waals surface area contributed by atoms with Crippen molar-refractivity contribution >= 4 is 17.3 Å². The Hall–Kier alpha value is -2.23. The molecule has 0 amide bonds. The molecule has 92 valence electrons. The van der Waals surface area contributed by atoms with Gasteiger partial charge in [-0.1, -0.05) is 23.8 Å². The Morgan fingerprint density at radius 1 is 1.28 bits per heavy atom. The Morgan fingerprint density at radius 3 is 2.44 bits per heavy atom. The number of rotatable bonds is 2. The Bertz CT molecular complexity index is 580. The number of aliphatic carboxylic acids is 1. The zero-order valence-electron chi connectivity index (χ0n) is 9.74. The number of benzene rings is 1. The molecule has 1 aliphatic carbocycles. The second-order valence-electron chi connectivity index (χ2n) is 4.12. The van der Waals surface area contributed by atoms with Gasteiger partial charge in [-0.15, -0.1) is 0 Å². The van der Waals surface area contributed by atoms with Crippen molar-refractivity contribution in [1.82, 2.24) is 0 Å². The van der Waals surface area contributed by atoms with Gasteiger partial charge in [-0.2, -0.15) is 0 Å². The standard InChI is InChI=1S/C14H11FO3/c1-8-2-7-11(14(17)18)13(16)12(8)9-3-5-10(15)6-4-9/h3-7H,2H2,1H3,(H,17,18). The quantitative estimate of drug-likeness (QED) is 0.816. The highest BCUT2D eigenvalue weighted by atomic mass is 19.1. The van der Waals surface area contributed by atoms with E-state index in [1.54, 1.807) is 6.92 Å². The summed E-state index contributed by atoms with van der Waals surface area (Å²) in [6.45, 7) is 1.77. The van der Waals surface area contributed by atoms with Crippen LogP contribution in [0.1, 0.15) is 18.9 Å². The first-order chi connectivity index (χ1) is 8.50. The van der Waals surface area contributed by atoms with Gasteiger partial charge in [0.1, 0.15) is 11.4 Å². The van der Waals surface area contributed by atoms with Crippen LogP contribution in [0.4, 0.5) is 4.39 Å². The fourth-order valence-electron chi connectivity index (χ4n) is 1.96. The number of hydrogen-bond acceptors (Lipinski definition) is 2. The molecule has 4 heteroatoms. The number of hydrogen-bond donors (Lipinski definition) is 1. The van der Waals surface area contributed by atoms with E-state index in [0.29, 0.717) is 17.6 Å². The molecule has 18 heavy (non-hydrogen) atoms. The Labute approximate surface area is 103 Å². The van der Waals surface area contributed by atoms with Gasteiger partial charge in [-0.3, -0.25) is 4.79 Å². The van der Waals surface area contributed by atoms with Crippen LogP contribution in [0.25, 0.3) is 5.57 Å². The first kappa shape index (κ1) is 12.2. The molecule has 1 N–H and O–H groups in total. The zero-order chi connectivity index (χ0) is 13.3. The largest absolute Gasteiger partial charge is 0.478 e. The van der Waals surface area contributed by atoms with E-state index < -0.39 is 17.6 Å². The fourth-order valence-corrected chi connectivity index (χ4v) is 1.96. The van der Waals surface area contributed by atoms with Crippen molar-refractivity contribution in [3.05, 3.63) is 52.9 Å². The number of carboxylic acids is 1. The third-order valence-corrected chi connectivity index (χ3v) is 2.87. The van der Waals surface area contributed by atoms with E-state index in [1.165, 1.54) is 30.3 Å². The molecule has 0 saturated heterocycles. The highest BCUT2D eigenvalue weighted by Crippen LogP contribution is 2.29. The summed E-state index contributed by atoms with van der Waals surface area (Å²) in [5.74, 6) is -2.14. The van der Waals surface area contributed by atoms with Crippen LogP contribution in [0.5, 0.6) is 0 Å². The summed E-state index contributed by atoms with van der Waals surface area (Å²) >= 11 is 0. The fraction of sp³-hybridized carbons (Fsp3) is 0.143. The average Bonchev–Trinajstić information content (AvgIpc) is 2.31. The molecule has 1 aromatic rings. The smallest absolute Gasteiger partial charge is 0.339 e. The summed E-state index contributed by atoms with van der Waals surface area (Å²) in [6.07, 6.45) is 1.83. The average molecular weight is 246 g/mol. The number of ketones is 1. The van der Waals surface area contributed by atoms with E-state index in [0.717, 1.165) is 5.57 Å². The maximum absolute atomic E-state index is 12.8. The number of halogens is 1. The molecule has 0 radical (unpaired) electrons. The summed E-state index contributed by atoms with van der Waals surface area (Å²) in [5, 5.41) is 8.93. The summed E-state index contributed by atoms with van der Waals surface area (Å²) in [7, 11) is 0. The van der Waals surface area contributed by atoms with Crippen LogP contribution in [0.2, 0.25) is 0 Å². The molecule has 0 bridgehead atoms. The molecular weight excluding hydrogens is 235 g/mol. The van der Waals surface area contributed by atoms with E-state index in [4.69, 9.17) is 5.11 Å². The van der Waals surface area contributed by atoms with E-state index in [9.17, 15) is 14.0 Å². The monoisotopic (exact) mass is 246 g/mol. The molecule has 0 atom stereocenters. The van der Waals surface area contributed by atoms with Crippen LogP contribution in [-0.2, 0) is 9.59 Å². The highest BCUT2D eigenvalue weighted by Gasteiger charge is 2.26. The van der Waals surface area contributed by atoms with Gasteiger partial charge in [0.15, 0.2) is 0 Å². The first-order valence-electron chi connectivity index (χ1n) is 5.44. The van der Waals surface area contributed by atoms with Crippen LogP contribution in [0, 0.1) is 5.82 Å². The molecule has 0 aliphatic heterocycles. The minimum absolute atomic E-state index is 0.222. The SMILES string of the molecule is CC1=C(c2ccc(F)cc2)C(=O)C(C(=O)O)=CC1. The lowest BCUT2D eigenvalue weighted by molar-refractivity contribution is -0.134. The van der Waals surface area contributed by atoms with Crippen molar-refractivity contribution in [2.24, 2.45) is 0 Å². The third-order valence-electron chi connectivity index (χ3n) is 2.87. The number of carbonyl (C=O) groups excluding carboxylic acids is 1. The summed E-state index contributed by atoms with van der Waals surface area (Å²) in [6, 6.07) is 5.47. The third kappa shape index (κ3) is 2.09. The predicted molar refractivity (Wildman–Crippen MR) is 64.3 cm³/mol. The molecule has 1 aliphatic rings. The molecule has 0 heterocycles. The van der Waals surface area contributed by atoms with Gasteiger partial charge in [0.05, 0.1) is 0 Å². The van der Waals surface area contributed by atoms with Gasteiger partial charge >= 0.3 is 5.97 Å². The summed E-state index contributed by atoms with van der Waals surface area (Å²) in [5.41, 5.74) is 1.47. The Kier molecular flexibility index (Phi) is 3.10. The minimum atomic E-state index is -1.23. The molecule has 0 aromatic heterocycles. The lowest BCUT2D eigenvalue weighted by Crippen LogP contribution is -2.18. The second-order valence-corrected chi connectivity index (χ2v) is 4.12. The van der Waals surface area contributed by atoms with Crippen LogP contribution in [-0.4, -0.2) is 16.9 Å². The molecule has 0 fully saturated rings. The van der Waals surface area contributed by atoms with Crippen molar-refractivity contribution in [2.45, 2.75) is 13.3 Å². The topological polar surface area (TPSA) is 54.4 Å². The minimum Gasteiger partial charge on any atom is -0.478 e. The predicted octanol–water partition coefficient (Wildman–Crippen LogP) is 2.58. The lowest BCUT2D eigenvalue weighted by Gasteiger charge is -2.16. The molecule has 0 spiro atoms. The number of carboxylic acid groups (broad SMARTS) is 1. The lowest BCUT2D eigenvalue weighted by atomic mass is 9.87. The van der Waals surface area contributed by atoms with E-state index >= 15 is 0 Å². The number of allylic oxidation sites excluding steroid dienone is 3. The van der Waals surface area contributed by atoms with Gasteiger partial charge in [-0.05, 0) is 31.0 Å². The molecule has 2 rings (SSSR count). The highest BCUT2D eigenvalue weighted by molar-refractivity contribution is 6.38. The maximum atomic E-state index is 12.8. The van der Waals surface area contributed by atoms with Gasteiger partial charge in [0.25, 0.3) is 0 Å². The van der Waals surface area contributed by atoms with Crippen molar-refractivity contribution < 1.29 is 19.1 Å². The van der Waals surface area contributed by atoms with Crippen LogP contribution < -0.4 is 0 Å². The van der Waals surface area contributed by atoms with Gasteiger partial charge in [0, 0.05) is 5.57 Å². The molecule has 0 saturated carbocycles. The second kappa shape index (κ2) is 4.56. The first-order valence-corrected chi connectivity index (χ1v) is 5.44. The molecule has 1 aromatic carbocycles. The normalized spacial score (nSPS) is 15.7. The van der Waals surface area contributed by atoms with Crippen molar-refractivity contribution in [1.29, 1.82) is 0 Å². The van der Waals surface area contributed by atoms with Crippen LogP contribution in [0.15, 0.2) is 41.5 Å². The van der Waals surface area contributed by atoms with Crippen LogP contribution in [0.3, 0.4) is 0 Å². The summed E-state index contributed by atoms with van der Waals surface area (Å²) < 4.78 is 12.8. The molecule has 0 unspecified atom stereocenters. The summed E-state index contributed by atoms with van der Waals surface area (Å²) in [4.78, 5) is 23.0.